The zero-order valence-corrected chi connectivity index (χ0v) is 29.0. The molecule has 2 aromatic carbocycles. The van der Waals surface area contributed by atoms with Crippen LogP contribution in [0.2, 0.25) is 0 Å². The fourth-order valence-electron chi connectivity index (χ4n) is 8.52. The number of benzene rings is 2. The predicted molar refractivity (Wildman–Crippen MR) is 195 cm³/mol. The topological polar surface area (TPSA) is 126 Å². The van der Waals surface area contributed by atoms with E-state index >= 15 is 0 Å². The van der Waals surface area contributed by atoms with E-state index in [9.17, 15) is 9.59 Å². The molecule has 0 radical (unpaired) electrons. The molecule has 6 heterocycles. The van der Waals surface area contributed by atoms with Crippen LogP contribution >= 0.6 is 11.3 Å². The summed E-state index contributed by atoms with van der Waals surface area (Å²) in [5.74, 6) is 2.04. The van der Waals surface area contributed by atoms with Crippen molar-refractivity contribution in [2.75, 3.05) is 19.0 Å². The normalized spacial score (nSPS) is 19.1. The van der Waals surface area contributed by atoms with Crippen LogP contribution in [-0.4, -0.2) is 44.6 Å². The number of aryl methyl sites for hydroxylation is 2. The summed E-state index contributed by atoms with van der Waals surface area (Å²) in [4.78, 5) is 42.4. The molecule has 1 amide bonds. The molecule has 6 aromatic rings. The second kappa shape index (κ2) is 11.9. The number of fused-ring (bicyclic) bond motifs is 5. The number of thiophene rings is 1. The molecule has 1 saturated carbocycles. The molecule has 2 N–H and O–H groups in total. The number of anilines is 1. The molecule has 11 heteroatoms. The number of carbonyl (C=O) groups excluding carboxylic acids is 1. The van der Waals surface area contributed by atoms with Gasteiger partial charge in [-0.3, -0.25) is 19.3 Å². The van der Waals surface area contributed by atoms with Crippen molar-refractivity contribution in [2.24, 2.45) is 0 Å². The summed E-state index contributed by atoms with van der Waals surface area (Å²) in [7, 11) is 1.72. The van der Waals surface area contributed by atoms with Crippen LogP contribution in [0.1, 0.15) is 94.1 Å². The number of aromatic nitrogens is 4. The van der Waals surface area contributed by atoms with Crippen LogP contribution < -0.4 is 15.8 Å². The Hall–Kier alpha value is -5.29. The van der Waals surface area contributed by atoms with Crippen molar-refractivity contribution in [3.63, 3.8) is 0 Å². The molecular weight excluding hydrogens is 661 g/mol. The van der Waals surface area contributed by atoms with Crippen LogP contribution in [0.5, 0.6) is 5.75 Å². The minimum atomic E-state index is -0.648. The van der Waals surface area contributed by atoms with Crippen molar-refractivity contribution in [2.45, 2.75) is 69.4 Å². The number of hydrogen-bond acceptors (Lipinski definition) is 9. The maximum Gasteiger partial charge on any atom is 0.439 e. The van der Waals surface area contributed by atoms with Gasteiger partial charge in [0.2, 0.25) is 0 Å². The lowest BCUT2D eigenvalue weighted by atomic mass is 9.92. The molecule has 10 rings (SSSR count). The number of pyridine rings is 2. The molecule has 2 atom stereocenters. The average Bonchev–Trinajstić information content (AvgIpc) is 3.55. The van der Waals surface area contributed by atoms with Gasteiger partial charge in [-0.15, -0.1) is 11.3 Å². The molecule has 2 aliphatic carbocycles. The largest absolute Gasteiger partial charge is 0.496 e. The van der Waals surface area contributed by atoms with E-state index in [0.717, 1.165) is 75.6 Å². The highest BCUT2D eigenvalue weighted by atomic mass is 32.1. The first kappa shape index (κ1) is 30.5. The molecule has 256 valence electrons. The van der Waals surface area contributed by atoms with Gasteiger partial charge in [0.1, 0.15) is 11.6 Å². The molecule has 2 aliphatic heterocycles. The van der Waals surface area contributed by atoms with E-state index in [-0.39, 0.29) is 23.8 Å². The number of nitrogens with zero attached hydrogens (tertiary/aromatic N) is 4. The van der Waals surface area contributed by atoms with Gasteiger partial charge < -0.3 is 15.0 Å². The number of H-pyrrole nitrogens is 1. The fraction of sp³-hybridized carbons (Fsp3) is 0.325. The Morgan fingerprint density at radius 1 is 1.02 bits per heavy atom. The highest BCUT2D eigenvalue weighted by molar-refractivity contribution is 7.23. The lowest BCUT2D eigenvalue weighted by molar-refractivity contribution is 0.0776. The Morgan fingerprint density at radius 3 is 2.71 bits per heavy atom. The van der Waals surface area contributed by atoms with Gasteiger partial charge in [-0.25, -0.2) is 9.78 Å². The fourth-order valence-corrected chi connectivity index (χ4v) is 9.69. The van der Waals surface area contributed by atoms with Gasteiger partial charge in [-0.1, -0.05) is 41.6 Å². The molecule has 0 spiro atoms. The van der Waals surface area contributed by atoms with E-state index in [2.05, 4.69) is 51.9 Å². The second-order valence-corrected chi connectivity index (χ2v) is 15.2. The second-order valence-electron chi connectivity index (χ2n) is 14.1. The summed E-state index contributed by atoms with van der Waals surface area (Å²) in [5, 5.41) is 8.95. The first-order valence-electron chi connectivity index (χ1n) is 17.9. The number of ether oxygens (including phenoxy) is 1. The summed E-state index contributed by atoms with van der Waals surface area (Å²) < 4.78 is 11.7. The summed E-state index contributed by atoms with van der Waals surface area (Å²) in [5.41, 5.74) is 8.71. The lowest BCUT2D eigenvalue weighted by Crippen LogP contribution is -2.22. The minimum absolute atomic E-state index is 0.0188. The summed E-state index contributed by atoms with van der Waals surface area (Å²) >= 11 is 1.60. The third-order valence-corrected chi connectivity index (χ3v) is 12.3. The summed E-state index contributed by atoms with van der Waals surface area (Å²) in [6.45, 7) is 0.705. The van der Waals surface area contributed by atoms with Crippen LogP contribution in [0.15, 0.2) is 70.1 Å². The van der Waals surface area contributed by atoms with Crippen LogP contribution in [0.25, 0.3) is 31.9 Å². The predicted octanol–water partition coefficient (Wildman–Crippen LogP) is 7.76. The minimum Gasteiger partial charge on any atom is -0.496 e. The van der Waals surface area contributed by atoms with Gasteiger partial charge in [-0.05, 0) is 103 Å². The Bertz CT molecular complexity index is 2410. The van der Waals surface area contributed by atoms with Gasteiger partial charge in [-0.2, -0.15) is 0 Å². The van der Waals surface area contributed by atoms with Gasteiger partial charge in [0.15, 0.2) is 5.82 Å². The van der Waals surface area contributed by atoms with E-state index < -0.39 is 5.76 Å². The highest BCUT2D eigenvalue weighted by Gasteiger charge is 2.44. The maximum atomic E-state index is 14.3. The first-order chi connectivity index (χ1) is 25.0. The maximum absolute atomic E-state index is 14.3. The molecule has 4 aliphatic rings. The number of hydrogen-bond donors (Lipinski definition) is 2. The van der Waals surface area contributed by atoms with Gasteiger partial charge in [0.05, 0.1) is 46.4 Å². The van der Waals surface area contributed by atoms with Crippen LogP contribution in [0, 0.1) is 0 Å². The smallest absolute Gasteiger partial charge is 0.439 e. The number of rotatable bonds is 9. The third-order valence-electron chi connectivity index (χ3n) is 11.1. The van der Waals surface area contributed by atoms with Crippen molar-refractivity contribution in [1.29, 1.82) is 0 Å². The molecule has 2 fully saturated rings. The Kier molecular flexibility index (Phi) is 7.13. The van der Waals surface area contributed by atoms with Crippen LogP contribution in [0.3, 0.4) is 0 Å². The first-order valence-corrected chi connectivity index (χ1v) is 18.7. The number of nitrogens with one attached hydrogen (secondary N) is 2. The van der Waals surface area contributed by atoms with E-state index in [1.807, 2.05) is 29.3 Å². The van der Waals surface area contributed by atoms with Crippen molar-refractivity contribution in [1.82, 2.24) is 25.0 Å². The molecule has 0 unspecified atom stereocenters. The van der Waals surface area contributed by atoms with Gasteiger partial charge in [0, 0.05) is 23.2 Å². The highest BCUT2D eigenvalue weighted by Crippen LogP contribution is 2.50. The van der Waals surface area contributed by atoms with E-state index in [1.165, 1.54) is 35.1 Å². The zero-order chi connectivity index (χ0) is 34.2. The number of aromatic amines is 1. The molecule has 0 bridgehead atoms. The molecule has 1 saturated heterocycles. The molecule has 10 nitrogen and oxygen atoms in total. The monoisotopic (exact) mass is 696 g/mol. The van der Waals surface area contributed by atoms with E-state index in [4.69, 9.17) is 19.2 Å². The third kappa shape index (κ3) is 5.08. The molecule has 51 heavy (non-hydrogen) atoms. The van der Waals surface area contributed by atoms with Gasteiger partial charge >= 0.3 is 5.76 Å². The summed E-state index contributed by atoms with van der Waals surface area (Å²) in [6, 6.07) is 19.3. The zero-order valence-electron chi connectivity index (χ0n) is 28.2. The Morgan fingerprint density at radius 2 is 1.90 bits per heavy atom. The van der Waals surface area contributed by atoms with E-state index in [1.54, 1.807) is 18.4 Å². The number of methoxy groups -OCH3 is 1. The van der Waals surface area contributed by atoms with E-state index in [0.29, 0.717) is 30.0 Å². The number of carbonyl (C=O) groups is 1. The lowest BCUT2D eigenvalue weighted by Gasteiger charge is -2.17. The SMILES string of the molecule is COc1cccc2c1CC[C@@H]2Nc1nccc2cc(-c3c4c(nc(CCc5ccc(C6CC6)cc5)c3-c3noc(=O)[nH]3)[C@@H]3CCCN3C4=O)sc12. The van der Waals surface area contributed by atoms with Crippen molar-refractivity contribution >= 4 is 33.1 Å². The van der Waals surface area contributed by atoms with Crippen molar-refractivity contribution < 1.29 is 14.1 Å². The average molecular weight is 697 g/mol. The number of amides is 1. The molecule has 4 aromatic heterocycles. The van der Waals surface area contributed by atoms with Crippen LogP contribution in [0.4, 0.5) is 5.82 Å². The van der Waals surface area contributed by atoms with Crippen molar-refractivity contribution in [3.8, 4) is 27.6 Å². The standard InChI is InChI=1S/C40H36N6O4S/c1-49-30-6-2-4-25-26(30)14-16-27(25)43-38-36-24(17-18-41-38)20-31(51-36)33-32(37-44-40(48)50-45-37)28(15-9-21-7-10-22(11-8-21)23-12-13-23)42-35-29-5-3-19-46(29)39(47)34(33)35/h2,4,6-8,10-11,17-18,20,23,27,29H,3,5,9,12-16,19H2,1H3,(H,41,43)(H,44,45,48)/t27-,29-/m0/s1. The van der Waals surface area contributed by atoms with Gasteiger partial charge in [0.25, 0.3) is 5.91 Å². The van der Waals surface area contributed by atoms with Crippen LogP contribution in [-0.2, 0) is 19.3 Å². The van der Waals surface area contributed by atoms with Crippen molar-refractivity contribution in [3.05, 3.63) is 111 Å². The Labute approximate surface area is 297 Å². The molecular formula is C40H36N6O4S. The summed E-state index contributed by atoms with van der Waals surface area (Å²) in [6.07, 6.45) is 9.43. The quantitative estimate of drug-likeness (QED) is 0.157. The Balaban J connectivity index is 1.11.